The van der Waals surface area contributed by atoms with Crippen molar-refractivity contribution >= 4 is 5.97 Å². The van der Waals surface area contributed by atoms with Gasteiger partial charge in [-0.05, 0) is 31.9 Å². The first-order chi connectivity index (χ1) is 8.56. The number of rotatable bonds is 7. The second-order valence-electron chi connectivity index (χ2n) is 4.53. The van der Waals surface area contributed by atoms with Gasteiger partial charge < -0.3 is 15.2 Å². The number of carbonyl (C=O) groups is 1. The van der Waals surface area contributed by atoms with Gasteiger partial charge in [-0.1, -0.05) is 30.3 Å². The Morgan fingerprint density at radius 3 is 2.67 bits per heavy atom. The van der Waals surface area contributed by atoms with Crippen molar-refractivity contribution in [1.82, 2.24) is 5.32 Å². The van der Waals surface area contributed by atoms with Gasteiger partial charge in [-0.2, -0.15) is 0 Å². The number of ether oxygens (including phenoxy) is 1. The van der Waals surface area contributed by atoms with Crippen molar-refractivity contribution in [3.63, 3.8) is 0 Å². The van der Waals surface area contributed by atoms with E-state index >= 15 is 0 Å². The average Bonchev–Trinajstić information content (AvgIpc) is 2.38. The van der Waals surface area contributed by atoms with E-state index in [1.807, 2.05) is 18.2 Å². The van der Waals surface area contributed by atoms with Crippen LogP contribution in [0.1, 0.15) is 18.9 Å². The predicted molar refractivity (Wildman–Crippen MR) is 70.3 cm³/mol. The first kappa shape index (κ1) is 14.7. The monoisotopic (exact) mass is 251 g/mol. The zero-order chi connectivity index (χ0) is 13.4. The SMILES string of the molecule is COC(=O)C(C)(O)CNCCCc1ccccc1. The topological polar surface area (TPSA) is 58.6 Å². The standard InChI is InChI=1S/C14H21NO3/c1-14(17,13(16)18-2)11-15-10-6-9-12-7-4-3-5-8-12/h3-5,7-8,15,17H,6,9-11H2,1-2H3. The fourth-order valence-corrected chi connectivity index (χ4v) is 1.69. The van der Waals surface area contributed by atoms with Crippen LogP contribution in [0.3, 0.4) is 0 Å². The normalized spacial score (nSPS) is 13.9. The summed E-state index contributed by atoms with van der Waals surface area (Å²) in [5.41, 5.74) is -0.166. The Morgan fingerprint density at radius 2 is 2.06 bits per heavy atom. The summed E-state index contributed by atoms with van der Waals surface area (Å²) in [6.07, 6.45) is 1.94. The number of aliphatic hydroxyl groups is 1. The van der Waals surface area contributed by atoms with E-state index in [9.17, 15) is 9.90 Å². The Kier molecular flexibility index (Phi) is 5.82. The highest BCUT2D eigenvalue weighted by molar-refractivity contribution is 5.78. The molecule has 1 aromatic carbocycles. The van der Waals surface area contributed by atoms with Crippen molar-refractivity contribution in [3.8, 4) is 0 Å². The molecule has 4 heteroatoms. The average molecular weight is 251 g/mol. The number of nitrogens with one attached hydrogen (secondary N) is 1. The number of benzene rings is 1. The first-order valence-electron chi connectivity index (χ1n) is 6.12. The van der Waals surface area contributed by atoms with Crippen molar-refractivity contribution < 1.29 is 14.6 Å². The van der Waals surface area contributed by atoms with Crippen LogP contribution in [0.5, 0.6) is 0 Å². The summed E-state index contributed by atoms with van der Waals surface area (Å²) < 4.78 is 4.51. The van der Waals surface area contributed by atoms with Gasteiger partial charge in [0.25, 0.3) is 0 Å². The Morgan fingerprint density at radius 1 is 1.39 bits per heavy atom. The van der Waals surface area contributed by atoms with Gasteiger partial charge in [-0.3, -0.25) is 0 Å². The van der Waals surface area contributed by atoms with E-state index in [2.05, 4.69) is 22.2 Å². The van der Waals surface area contributed by atoms with Crippen LogP contribution in [0.25, 0.3) is 0 Å². The van der Waals surface area contributed by atoms with E-state index in [4.69, 9.17) is 0 Å². The van der Waals surface area contributed by atoms with Crippen LogP contribution in [0.2, 0.25) is 0 Å². The fraction of sp³-hybridized carbons (Fsp3) is 0.500. The lowest BCUT2D eigenvalue weighted by Gasteiger charge is -2.20. The lowest BCUT2D eigenvalue weighted by molar-refractivity contribution is -0.159. The van der Waals surface area contributed by atoms with Crippen LogP contribution in [0.15, 0.2) is 30.3 Å². The maximum absolute atomic E-state index is 11.2. The molecular formula is C14H21NO3. The molecule has 0 amide bonds. The summed E-state index contributed by atoms with van der Waals surface area (Å²) in [5, 5.41) is 12.8. The number of hydrogen-bond acceptors (Lipinski definition) is 4. The van der Waals surface area contributed by atoms with Gasteiger partial charge in [0.05, 0.1) is 7.11 Å². The van der Waals surface area contributed by atoms with Crippen molar-refractivity contribution in [2.24, 2.45) is 0 Å². The summed E-state index contributed by atoms with van der Waals surface area (Å²) in [4.78, 5) is 11.2. The predicted octanol–water partition coefficient (Wildman–Crippen LogP) is 1.13. The fourth-order valence-electron chi connectivity index (χ4n) is 1.69. The summed E-state index contributed by atoms with van der Waals surface area (Å²) >= 11 is 0. The van der Waals surface area contributed by atoms with Gasteiger partial charge >= 0.3 is 5.97 Å². The van der Waals surface area contributed by atoms with Crippen LogP contribution in [0.4, 0.5) is 0 Å². The number of hydrogen-bond donors (Lipinski definition) is 2. The molecule has 0 radical (unpaired) electrons. The molecule has 0 fully saturated rings. The Balaban J connectivity index is 2.17. The Labute approximate surface area is 108 Å². The van der Waals surface area contributed by atoms with Gasteiger partial charge in [0.2, 0.25) is 0 Å². The molecule has 4 nitrogen and oxygen atoms in total. The summed E-state index contributed by atoms with van der Waals surface area (Å²) in [6, 6.07) is 10.2. The van der Waals surface area contributed by atoms with Gasteiger partial charge in [-0.25, -0.2) is 4.79 Å². The number of esters is 1. The molecule has 0 aliphatic carbocycles. The van der Waals surface area contributed by atoms with E-state index < -0.39 is 11.6 Å². The number of aryl methyl sites for hydroxylation is 1. The molecule has 0 spiro atoms. The minimum absolute atomic E-state index is 0.203. The van der Waals surface area contributed by atoms with Crippen molar-refractivity contribution in [2.45, 2.75) is 25.4 Å². The lowest BCUT2D eigenvalue weighted by Crippen LogP contribution is -2.45. The van der Waals surface area contributed by atoms with E-state index in [1.54, 1.807) is 0 Å². The molecule has 2 N–H and O–H groups in total. The quantitative estimate of drug-likeness (QED) is 0.563. The molecule has 1 rings (SSSR count). The molecule has 0 bridgehead atoms. The highest BCUT2D eigenvalue weighted by Crippen LogP contribution is 2.04. The molecule has 0 heterocycles. The minimum Gasteiger partial charge on any atom is -0.467 e. The summed E-state index contributed by atoms with van der Waals surface area (Å²) in [5.74, 6) is -0.613. The third-order valence-electron chi connectivity index (χ3n) is 2.76. The minimum atomic E-state index is -1.46. The molecule has 0 aliphatic heterocycles. The van der Waals surface area contributed by atoms with Gasteiger partial charge in [0, 0.05) is 6.54 Å². The smallest absolute Gasteiger partial charge is 0.338 e. The van der Waals surface area contributed by atoms with Crippen LogP contribution in [-0.4, -0.2) is 36.9 Å². The van der Waals surface area contributed by atoms with Crippen molar-refractivity contribution in [3.05, 3.63) is 35.9 Å². The molecule has 1 aromatic rings. The van der Waals surface area contributed by atoms with E-state index in [1.165, 1.54) is 19.6 Å². The molecule has 1 unspecified atom stereocenters. The zero-order valence-electron chi connectivity index (χ0n) is 11.0. The highest BCUT2D eigenvalue weighted by Gasteiger charge is 2.30. The molecule has 0 aromatic heterocycles. The molecular weight excluding hydrogens is 230 g/mol. The second-order valence-corrected chi connectivity index (χ2v) is 4.53. The van der Waals surface area contributed by atoms with Gasteiger partial charge in [0.1, 0.15) is 0 Å². The van der Waals surface area contributed by atoms with E-state index in [-0.39, 0.29) is 6.54 Å². The maximum Gasteiger partial charge on any atom is 0.338 e. The second kappa shape index (κ2) is 7.13. The van der Waals surface area contributed by atoms with E-state index in [0.717, 1.165) is 19.4 Å². The maximum atomic E-state index is 11.2. The van der Waals surface area contributed by atoms with Crippen LogP contribution >= 0.6 is 0 Å². The highest BCUT2D eigenvalue weighted by atomic mass is 16.5. The largest absolute Gasteiger partial charge is 0.467 e. The van der Waals surface area contributed by atoms with Crippen LogP contribution in [-0.2, 0) is 16.0 Å². The third kappa shape index (κ3) is 4.85. The first-order valence-corrected chi connectivity index (χ1v) is 6.12. The molecule has 0 aliphatic rings. The molecule has 0 saturated carbocycles. The molecule has 18 heavy (non-hydrogen) atoms. The van der Waals surface area contributed by atoms with E-state index in [0.29, 0.717) is 0 Å². The van der Waals surface area contributed by atoms with Gasteiger partial charge in [0.15, 0.2) is 5.60 Å². The molecule has 0 saturated heterocycles. The Bertz CT molecular complexity index is 363. The summed E-state index contributed by atoms with van der Waals surface area (Å²) in [7, 11) is 1.27. The molecule has 1 atom stereocenters. The summed E-state index contributed by atoms with van der Waals surface area (Å²) in [6.45, 7) is 2.40. The van der Waals surface area contributed by atoms with Crippen LogP contribution < -0.4 is 5.32 Å². The Hall–Kier alpha value is -1.39. The number of carbonyl (C=O) groups excluding carboxylic acids is 1. The molecule has 100 valence electrons. The number of methoxy groups -OCH3 is 1. The van der Waals surface area contributed by atoms with Gasteiger partial charge in [-0.15, -0.1) is 0 Å². The third-order valence-corrected chi connectivity index (χ3v) is 2.76. The van der Waals surface area contributed by atoms with Crippen molar-refractivity contribution in [1.29, 1.82) is 0 Å². The van der Waals surface area contributed by atoms with Crippen molar-refractivity contribution in [2.75, 3.05) is 20.2 Å². The zero-order valence-corrected chi connectivity index (χ0v) is 11.0. The van der Waals surface area contributed by atoms with Crippen LogP contribution in [0, 0.1) is 0 Å². The lowest BCUT2D eigenvalue weighted by atomic mass is 10.1.